The summed E-state index contributed by atoms with van der Waals surface area (Å²) in [6.45, 7) is 1.98. The van der Waals surface area contributed by atoms with E-state index in [2.05, 4.69) is 5.32 Å². The third kappa shape index (κ3) is 3.68. The van der Waals surface area contributed by atoms with E-state index in [1.807, 2.05) is 0 Å². The van der Waals surface area contributed by atoms with Crippen LogP contribution in [0, 0.1) is 5.41 Å². The lowest BCUT2D eigenvalue weighted by atomic mass is 9.93. The van der Waals surface area contributed by atoms with Gasteiger partial charge in [0, 0.05) is 29.8 Å². The average molecular weight is 285 g/mol. The predicted octanol–water partition coefficient (Wildman–Crippen LogP) is 1.12. The number of benzene rings is 1. The third-order valence-corrected chi connectivity index (χ3v) is 3.15. The van der Waals surface area contributed by atoms with Crippen LogP contribution in [0.15, 0.2) is 12.1 Å². The van der Waals surface area contributed by atoms with Gasteiger partial charge in [-0.15, -0.1) is 0 Å². The van der Waals surface area contributed by atoms with Crippen molar-refractivity contribution in [2.45, 2.75) is 6.92 Å². The molecule has 0 aliphatic rings. The van der Waals surface area contributed by atoms with Crippen LogP contribution in [0.2, 0.25) is 0 Å². The number of hydrogen-bond acceptors (Lipinski definition) is 6. The van der Waals surface area contributed by atoms with E-state index >= 15 is 0 Å². The van der Waals surface area contributed by atoms with E-state index in [0.29, 0.717) is 23.8 Å². The van der Waals surface area contributed by atoms with Crippen molar-refractivity contribution in [1.29, 1.82) is 0 Å². The molecule has 0 atom stereocenters. The van der Waals surface area contributed by atoms with Crippen LogP contribution in [0.25, 0.3) is 0 Å². The molecule has 1 aromatic rings. The molecule has 0 saturated carbocycles. The minimum Gasteiger partial charge on any atom is -0.493 e. The summed E-state index contributed by atoms with van der Waals surface area (Å²) in [5, 5.41) is 21.7. The molecular formula is C14H23NO5. The van der Waals surface area contributed by atoms with Gasteiger partial charge in [-0.25, -0.2) is 0 Å². The van der Waals surface area contributed by atoms with Gasteiger partial charge in [-0.05, 0) is 0 Å². The van der Waals surface area contributed by atoms with E-state index in [-0.39, 0.29) is 13.2 Å². The first kappa shape index (κ1) is 16.4. The van der Waals surface area contributed by atoms with Crippen LogP contribution in [0.1, 0.15) is 6.92 Å². The highest BCUT2D eigenvalue weighted by Crippen LogP contribution is 2.40. The van der Waals surface area contributed by atoms with Gasteiger partial charge in [-0.2, -0.15) is 0 Å². The molecule has 1 rings (SSSR count). The number of hydrogen-bond donors (Lipinski definition) is 3. The Morgan fingerprint density at radius 3 is 1.85 bits per heavy atom. The highest BCUT2D eigenvalue weighted by Gasteiger charge is 2.22. The molecule has 3 N–H and O–H groups in total. The van der Waals surface area contributed by atoms with Crippen LogP contribution in [-0.2, 0) is 0 Å². The summed E-state index contributed by atoms with van der Waals surface area (Å²) in [6.07, 6.45) is 0. The maximum atomic E-state index is 9.28. The van der Waals surface area contributed by atoms with Crippen molar-refractivity contribution in [2.75, 3.05) is 46.4 Å². The number of rotatable bonds is 8. The number of aliphatic hydroxyl groups is 2. The summed E-state index contributed by atoms with van der Waals surface area (Å²) in [5.74, 6) is 1.61. The van der Waals surface area contributed by atoms with Gasteiger partial charge in [-0.1, -0.05) is 6.92 Å². The van der Waals surface area contributed by atoms with Crippen molar-refractivity contribution in [1.82, 2.24) is 0 Å². The maximum Gasteiger partial charge on any atom is 0.203 e. The van der Waals surface area contributed by atoms with Gasteiger partial charge >= 0.3 is 0 Å². The molecule has 114 valence electrons. The number of ether oxygens (including phenoxy) is 3. The van der Waals surface area contributed by atoms with Crippen LogP contribution in [-0.4, -0.2) is 51.3 Å². The third-order valence-electron chi connectivity index (χ3n) is 3.15. The molecule has 0 radical (unpaired) electrons. The zero-order valence-electron chi connectivity index (χ0n) is 12.4. The Bertz CT molecular complexity index is 407. The average Bonchev–Trinajstić information content (AvgIpc) is 2.51. The minimum absolute atomic E-state index is 0.110. The monoisotopic (exact) mass is 285 g/mol. The van der Waals surface area contributed by atoms with Gasteiger partial charge < -0.3 is 29.7 Å². The van der Waals surface area contributed by atoms with Crippen LogP contribution >= 0.6 is 0 Å². The largest absolute Gasteiger partial charge is 0.493 e. The molecule has 0 amide bonds. The fourth-order valence-electron chi connectivity index (χ4n) is 1.66. The molecule has 0 unspecified atom stereocenters. The van der Waals surface area contributed by atoms with Crippen LogP contribution in [0.5, 0.6) is 17.2 Å². The minimum atomic E-state index is -0.597. The van der Waals surface area contributed by atoms with Gasteiger partial charge in [0.25, 0.3) is 0 Å². The summed E-state index contributed by atoms with van der Waals surface area (Å²) in [7, 11) is 4.64. The smallest absolute Gasteiger partial charge is 0.203 e. The fraction of sp³-hybridized carbons (Fsp3) is 0.571. The van der Waals surface area contributed by atoms with Gasteiger partial charge in [-0.3, -0.25) is 0 Å². The lowest BCUT2D eigenvalue weighted by Crippen LogP contribution is -2.34. The Kier molecular flexibility index (Phi) is 5.91. The Labute approximate surface area is 119 Å². The summed E-state index contributed by atoms with van der Waals surface area (Å²) in [4.78, 5) is 0. The van der Waals surface area contributed by atoms with Crippen molar-refractivity contribution in [3.8, 4) is 17.2 Å². The van der Waals surface area contributed by atoms with Crippen LogP contribution in [0.4, 0.5) is 5.69 Å². The van der Waals surface area contributed by atoms with E-state index in [0.717, 1.165) is 5.69 Å². The van der Waals surface area contributed by atoms with E-state index in [9.17, 15) is 10.2 Å². The van der Waals surface area contributed by atoms with Crippen LogP contribution in [0.3, 0.4) is 0 Å². The van der Waals surface area contributed by atoms with Crippen molar-refractivity contribution >= 4 is 5.69 Å². The van der Waals surface area contributed by atoms with Gasteiger partial charge in [0.1, 0.15) is 0 Å². The molecule has 0 spiro atoms. The lowest BCUT2D eigenvalue weighted by molar-refractivity contribution is 0.0806. The van der Waals surface area contributed by atoms with Crippen molar-refractivity contribution in [2.24, 2.45) is 5.41 Å². The highest BCUT2D eigenvalue weighted by atomic mass is 16.5. The van der Waals surface area contributed by atoms with Gasteiger partial charge in [0.15, 0.2) is 11.5 Å². The molecule has 0 bridgehead atoms. The Morgan fingerprint density at radius 2 is 1.50 bits per heavy atom. The topological polar surface area (TPSA) is 80.2 Å². The molecule has 6 heteroatoms. The standard InChI is InChI=1S/C14H23NO5/c1-14(8-16,9-17)7-15-10-5-11(18-2)13(20-4)12(6-10)19-3/h5-6,15-17H,7-9H2,1-4H3. The molecule has 0 aliphatic heterocycles. The number of nitrogens with one attached hydrogen (secondary N) is 1. The SMILES string of the molecule is COc1cc(NCC(C)(CO)CO)cc(OC)c1OC. The molecule has 1 aromatic carbocycles. The number of aliphatic hydroxyl groups excluding tert-OH is 2. The molecular weight excluding hydrogens is 262 g/mol. The van der Waals surface area contributed by atoms with Crippen LogP contribution < -0.4 is 19.5 Å². The molecule has 20 heavy (non-hydrogen) atoms. The quantitative estimate of drug-likeness (QED) is 0.664. The second-order valence-electron chi connectivity index (χ2n) is 4.89. The summed E-state index contributed by atoms with van der Waals surface area (Å²) in [6, 6.07) is 3.55. The number of methoxy groups -OCH3 is 3. The first-order valence-corrected chi connectivity index (χ1v) is 6.29. The van der Waals surface area contributed by atoms with E-state index in [1.54, 1.807) is 40.4 Å². The number of anilines is 1. The predicted molar refractivity (Wildman–Crippen MR) is 76.9 cm³/mol. The Morgan fingerprint density at radius 1 is 1.00 bits per heavy atom. The van der Waals surface area contributed by atoms with Crippen molar-refractivity contribution < 1.29 is 24.4 Å². The van der Waals surface area contributed by atoms with Crippen molar-refractivity contribution in [3.05, 3.63) is 12.1 Å². The second-order valence-corrected chi connectivity index (χ2v) is 4.89. The summed E-state index contributed by atoms with van der Waals surface area (Å²) in [5.41, 5.74) is 0.160. The molecule has 0 aliphatic carbocycles. The Balaban J connectivity index is 2.96. The molecule has 0 saturated heterocycles. The zero-order chi connectivity index (χ0) is 15.2. The zero-order valence-corrected chi connectivity index (χ0v) is 12.4. The van der Waals surface area contributed by atoms with Gasteiger partial charge in [0.2, 0.25) is 5.75 Å². The maximum absolute atomic E-state index is 9.28. The first-order chi connectivity index (χ1) is 9.53. The van der Waals surface area contributed by atoms with E-state index in [1.165, 1.54) is 0 Å². The summed E-state index contributed by atoms with van der Waals surface area (Å²) < 4.78 is 15.8. The van der Waals surface area contributed by atoms with Gasteiger partial charge in [0.05, 0.1) is 34.5 Å². The van der Waals surface area contributed by atoms with Crippen molar-refractivity contribution in [3.63, 3.8) is 0 Å². The van der Waals surface area contributed by atoms with E-state index in [4.69, 9.17) is 14.2 Å². The molecule has 0 heterocycles. The Hall–Kier alpha value is -1.66. The van der Waals surface area contributed by atoms with E-state index < -0.39 is 5.41 Å². The lowest BCUT2D eigenvalue weighted by Gasteiger charge is -2.25. The molecule has 0 aromatic heterocycles. The second kappa shape index (κ2) is 7.21. The first-order valence-electron chi connectivity index (χ1n) is 6.29. The summed E-state index contributed by atoms with van der Waals surface area (Å²) >= 11 is 0. The highest BCUT2D eigenvalue weighted by molar-refractivity contribution is 5.62. The normalized spacial score (nSPS) is 11.1. The fourth-order valence-corrected chi connectivity index (χ4v) is 1.66. The molecule has 0 fully saturated rings. The molecule has 6 nitrogen and oxygen atoms in total.